The van der Waals surface area contributed by atoms with Gasteiger partial charge in [-0.1, -0.05) is 47.5 Å². The summed E-state index contributed by atoms with van der Waals surface area (Å²) in [6, 6.07) is 11.8. The van der Waals surface area contributed by atoms with E-state index in [4.69, 9.17) is 23.2 Å². The van der Waals surface area contributed by atoms with Crippen molar-refractivity contribution in [3.05, 3.63) is 74.1 Å². The highest BCUT2D eigenvalue weighted by molar-refractivity contribution is 6.42. The zero-order valence-corrected chi connectivity index (χ0v) is 14.5. The molecule has 126 valence electrons. The molecule has 6 nitrogen and oxygen atoms in total. The topological polar surface area (TPSA) is 76.3 Å². The van der Waals surface area contributed by atoms with Crippen molar-refractivity contribution in [1.29, 1.82) is 0 Å². The maximum Gasteiger partial charge on any atom is 0.292 e. The van der Waals surface area contributed by atoms with E-state index in [2.05, 4.69) is 15.6 Å². The van der Waals surface area contributed by atoms with Crippen molar-refractivity contribution in [2.75, 3.05) is 0 Å². The molecular weight excluding hydrogens is 363 g/mol. The second-order valence-electron chi connectivity index (χ2n) is 5.20. The number of aryl methyl sites for hydroxylation is 1. The van der Waals surface area contributed by atoms with Crippen LogP contribution in [0.2, 0.25) is 10.0 Å². The van der Waals surface area contributed by atoms with Crippen LogP contribution in [0.15, 0.2) is 52.4 Å². The summed E-state index contributed by atoms with van der Waals surface area (Å²) in [5, 5.41) is 9.63. The standard InChI is InChI=1S/C17H12Cl2N4O2/c1-23-17(25)12-5-3-2-4-11(12)15(22-23)16(24)21-20-9-10-6-7-13(18)14(19)8-10/h2-9H,1H3,(H,21,24)/b20-9-. The molecule has 0 saturated carbocycles. The van der Waals surface area contributed by atoms with Crippen molar-refractivity contribution >= 4 is 46.1 Å². The van der Waals surface area contributed by atoms with Crippen LogP contribution in [0, 0.1) is 0 Å². The van der Waals surface area contributed by atoms with E-state index >= 15 is 0 Å². The van der Waals surface area contributed by atoms with E-state index in [9.17, 15) is 9.59 Å². The molecule has 2 aromatic carbocycles. The van der Waals surface area contributed by atoms with Crippen molar-refractivity contribution in [3.63, 3.8) is 0 Å². The molecule has 1 amide bonds. The summed E-state index contributed by atoms with van der Waals surface area (Å²) in [7, 11) is 1.49. The van der Waals surface area contributed by atoms with Gasteiger partial charge in [0, 0.05) is 12.4 Å². The van der Waals surface area contributed by atoms with Crippen LogP contribution < -0.4 is 11.0 Å². The van der Waals surface area contributed by atoms with E-state index in [-0.39, 0.29) is 11.3 Å². The Morgan fingerprint density at radius 1 is 1.16 bits per heavy atom. The van der Waals surface area contributed by atoms with Crippen LogP contribution in [0.5, 0.6) is 0 Å². The summed E-state index contributed by atoms with van der Waals surface area (Å²) in [4.78, 5) is 24.5. The van der Waals surface area contributed by atoms with Crippen LogP contribution in [0.25, 0.3) is 10.8 Å². The molecule has 8 heteroatoms. The Balaban J connectivity index is 1.88. The van der Waals surface area contributed by atoms with Crippen molar-refractivity contribution in [2.45, 2.75) is 0 Å². The number of halogens is 2. The third kappa shape index (κ3) is 3.55. The zero-order valence-electron chi connectivity index (χ0n) is 13.0. The van der Waals surface area contributed by atoms with Crippen LogP contribution in [0.1, 0.15) is 16.1 Å². The van der Waals surface area contributed by atoms with Crippen molar-refractivity contribution < 1.29 is 4.79 Å². The second kappa shape index (κ2) is 7.04. The molecule has 0 bridgehead atoms. The lowest BCUT2D eigenvalue weighted by Crippen LogP contribution is -2.27. The van der Waals surface area contributed by atoms with Gasteiger partial charge in [-0.15, -0.1) is 0 Å². The van der Waals surface area contributed by atoms with E-state index in [1.54, 1.807) is 42.5 Å². The Morgan fingerprint density at radius 2 is 1.88 bits per heavy atom. The van der Waals surface area contributed by atoms with Crippen LogP contribution in [-0.4, -0.2) is 21.9 Å². The smallest absolute Gasteiger partial charge is 0.267 e. The fourth-order valence-corrected chi connectivity index (χ4v) is 2.59. The highest BCUT2D eigenvalue weighted by Crippen LogP contribution is 2.21. The Labute approximate surface area is 152 Å². The number of benzene rings is 2. The van der Waals surface area contributed by atoms with Gasteiger partial charge in [0.2, 0.25) is 0 Å². The van der Waals surface area contributed by atoms with Gasteiger partial charge in [0.1, 0.15) is 0 Å². The highest BCUT2D eigenvalue weighted by Gasteiger charge is 2.14. The minimum atomic E-state index is -0.525. The van der Waals surface area contributed by atoms with E-state index < -0.39 is 5.91 Å². The first-order chi connectivity index (χ1) is 12.0. The van der Waals surface area contributed by atoms with Crippen LogP contribution in [0.4, 0.5) is 0 Å². The largest absolute Gasteiger partial charge is 0.292 e. The molecule has 3 rings (SSSR count). The summed E-state index contributed by atoms with van der Waals surface area (Å²) in [6.07, 6.45) is 1.43. The highest BCUT2D eigenvalue weighted by atomic mass is 35.5. The lowest BCUT2D eigenvalue weighted by Gasteiger charge is -2.06. The molecule has 1 aromatic heterocycles. The molecule has 0 atom stereocenters. The monoisotopic (exact) mass is 374 g/mol. The van der Waals surface area contributed by atoms with E-state index in [0.717, 1.165) is 4.68 Å². The molecule has 0 unspecified atom stereocenters. The molecule has 1 N–H and O–H groups in total. The molecule has 25 heavy (non-hydrogen) atoms. The lowest BCUT2D eigenvalue weighted by atomic mass is 10.1. The number of aromatic nitrogens is 2. The maximum absolute atomic E-state index is 12.4. The molecule has 1 heterocycles. The number of hydrogen-bond acceptors (Lipinski definition) is 4. The summed E-state index contributed by atoms with van der Waals surface area (Å²) < 4.78 is 1.12. The fourth-order valence-electron chi connectivity index (χ4n) is 2.28. The summed E-state index contributed by atoms with van der Waals surface area (Å²) >= 11 is 11.8. The van der Waals surface area contributed by atoms with Gasteiger partial charge in [-0.3, -0.25) is 9.59 Å². The zero-order chi connectivity index (χ0) is 18.0. The molecule has 0 spiro atoms. The molecule has 0 aliphatic heterocycles. The van der Waals surface area contributed by atoms with Gasteiger partial charge in [0.25, 0.3) is 11.5 Å². The summed E-state index contributed by atoms with van der Waals surface area (Å²) in [6.45, 7) is 0. The molecule has 0 aliphatic carbocycles. The quantitative estimate of drug-likeness (QED) is 0.565. The van der Waals surface area contributed by atoms with Crippen LogP contribution in [-0.2, 0) is 7.05 Å². The molecule has 3 aromatic rings. The summed E-state index contributed by atoms with van der Waals surface area (Å²) in [5.41, 5.74) is 2.91. The first kappa shape index (κ1) is 17.1. The maximum atomic E-state index is 12.4. The van der Waals surface area contributed by atoms with Gasteiger partial charge in [-0.05, 0) is 23.8 Å². The third-order valence-electron chi connectivity index (χ3n) is 3.49. The number of fused-ring (bicyclic) bond motifs is 1. The molecule has 0 radical (unpaired) electrons. The average Bonchev–Trinajstić information content (AvgIpc) is 2.61. The number of rotatable bonds is 3. The predicted octanol–water partition coefficient (Wildman–Crippen LogP) is 3.00. The SMILES string of the molecule is Cn1nc(C(=O)N/N=C\c2ccc(Cl)c(Cl)c2)c2ccccc2c1=O. The number of nitrogens with one attached hydrogen (secondary N) is 1. The number of amides is 1. The normalized spacial score (nSPS) is 11.2. The molecular formula is C17H12Cl2N4O2. The van der Waals surface area contributed by atoms with Crippen LogP contribution in [0.3, 0.4) is 0 Å². The number of nitrogens with zero attached hydrogens (tertiary/aromatic N) is 3. The predicted molar refractivity (Wildman–Crippen MR) is 98.5 cm³/mol. The second-order valence-corrected chi connectivity index (χ2v) is 6.01. The Morgan fingerprint density at radius 3 is 2.60 bits per heavy atom. The van der Waals surface area contributed by atoms with Crippen molar-refractivity contribution in [2.24, 2.45) is 12.1 Å². The van der Waals surface area contributed by atoms with E-state index in [0.29, 0.717) is 26.4 Å². The van der Waals surface area contributed by atoms with Gasteiger partial charge in [-0.2, -0.15) is 10.2 Å². The average molecular weight is 375 g/mol. The van der Waals surface area contributed by atoms with Gasteiger partial charge < -0.3 is 0 Å². The third-order valence-corrected chi connectivity index (χ3v) is 4.23. The minimum Gasteiger partial charge on any atom is -0.267 e. The van der Waals surface area contributed by atoms with Crippen molar-refractivity contribution in [1.82, 2.24) is 15.2 Å². The summed E-state index contributed by atoms with van der Waals surface area (Å²) in [5.74, 6) is -0.525. The molecule has 0 aliphatic rings. The van der Waals surface area contributed by atoms with Gasteiger partial charge in [0.05, 0.1) is 21.6 Å². The molecule has 0 fully saturated rings. The van der Waals surface area contributed by atoms with Crippen LogP contribution >= 0.6 is 23.2 Å². The number of hydrazone groups is 1. The Kier molecular flexibility index (Phi) is 4.83. The Bertz CT molecular complexity index is 1060. The van der Waals surface area contributed by atoms with E-state index in [1.165, 1.54) is 13.3 Å². The fraction of sp³-hybridized carbons (Fsp3) is 0.0588. The van der Waals surface area contributed by atoms with Crippen molar-refractivity contribution in [3.8, 4) is 0 Å². The van der Waals surface area contributed by atoms with Gasteiger partial charge in [-0.25, -0.2) is 10.1 Å². The number of hydrogen-bond donors (Lipinski definition) is 1. The molecule has 0 saturated heterocycles. The Hall–Kier alpha value is -2.70. The van der Waals surface area contributed by atoms with Gasteiger partial charge >= 0.3 is 0 Å². The first-order valence-corrected chi connectivity index (χ1v) is 7.97. The number of carbonyl (C=O) groups excluding carboxylic acids is 1. The van der Waals surface area contributed by atoms with E-state index in [1.807, 2.05) is 0 Å². The number of carbonyl (C=O) groups is 1. The lowest BCUT2D eigenvalue weighted by molar-refractivity contribution is 0.0950. The first-order valence-electron chi connectivity index (χ1n) is 7.22. The minimum absolute atomic E-state index is 0.115. The van der Waals surface area contributed by atoms with Gasteiger partial charge in [0.15, 0.2) is 5.69 Å².